The van der Waals surface area contributed by atoms with Crippen molar-refractivity contribution >= 4 is 51.1 Å². The fourth-order valence-electron chi connectivity index (χ4n) is 3.29. The van der Waals surface area contributed by atoms with E-state index in [1.165, 1.54) is 0 Å². The molecule has 5 nitrogen and oxygen atoms in total. The fourth-order valence-corrected chi connectivity index (χ4v) is 3.61. The summed E-state index contributed by atoms with van der Waals surface area (Å²) in [5.41, 5.74) is 2.69. The first kappa shape index (κ1) is 19.0. The Balaban J connectivity index is 2.53. The lowest BCUT2D eigenvalue weighted by molar-refractivity contribution is -0.143. The summed E-state index contributed by atoms with van der Waals surface area (Å²) in [6, 6.07) is 8.86. The Morgan fingerprint density at radius 3 is 2.59 bits per heavy atom. The number of rotatable bonds is 5. The first-order valence-corrected chi connectivity index (χ1v) is 9.01. The average Bonchev–Trinajstić information content (AvgIpc) is 2.64. The predicted octanol–water partition coefficient (Wildman–Crippen LogP) is 4.08. The highest BCUT2D eigenvalue weighted by Crippen LogP contribution is 2.34. The normalized spacial score (nSPS) is 11.0. The molecule has 0 spiro atoms. The van der Waals surface area contributed by atoms with Crippen LogP contribution in [-0.4, -0.2) is 31.2 Å². The third-order valence-electron chi connectivity index (χ3n) is 4.45. The SMILES string of the molecule is C=Cc1ccc2c(=O)c3ccc(Cl)c(N(C)C)c3n(CC(=O)OCC)c2c1. The van der Waals surface area contributed by atoms with Crippen molar-refractivity contribution in [3.05, 3.63) is 57.7 Å². The third-order valence-corrected chi connectivity index (χ3v) is 4.75. The van der Waals surface area contributed by atoms with E-state index in [2.05, 4.69) is 6.58 Å². The number of hydrogen-bond donors (Lipinski definition) is 0. The number of aromatic nitrogens is 1. The lowest BCUT2D eigenvalue weighted by Crippen LogP contribution is -2.21. The molecule has 0 atom stereocenters. The topological polar surface area (TPSA) is 51.5 Å². The molecule has 0 aliphatic heterocycles. The van der Waals surface area contributed by atoms with Crippen LogP contribution in [0.4, 0.5) is 5.69 Å². The number of hydrogen-bond acceptors (Lipinski definition) is 4. The van der Waals surface area contributed by atoms with Gasteiger partial charge in [-0.25, -0.2) is 0 Å². The molecule has 0 radical (unpaired) electrons. The number of esters is 1. The van der Waals surface area contributed by atoms with Gasteiger partial charge in [0.1, 0.15) is 6.54 Å². The maximum Gasteiger partial charge on any atom is 0.325 e. The van der Waals surface area contributed by atoms with Gasteiger partial charge in [-0.15, -0.1) is 0 Å². The monoisotopic (exact) mass is 384 g/mol. The highest BCUT2D eigenvalue weighted by Gasteiger charge is 2.19. The van der Waals surface area contributed by atoms with Crippen molar-refractivity contribution in [1.29, 1.82) is 0 Å². The van der Waals surface area contributed by atoms with E-state index in [0.717, 1.165) is 5.56 Å². The summed E-state index contributed by atoms with van der Waals surface area (Å²) in [5, 5.41) is 1.54. The molecule has 27 heavy (non-hydrogen) atoms. The van der Waals surface area contributed by atoms with Gasteiger partial charge in [0.15, 0.2) is 5.43 Å². The Morgan fingerprint density at radius 2 is 1.96 bits per heavy atom. The second kappa shape index (κ2) is 7.45. The Bertz CT molecular complexity index is 1120. The number of carbonyl (C=O) groups is 1. The van der Waals surface area contributed by atoms with E-state index in [-0.39, 0.29) is 24.5 Å². The number of benzene rings is 2. The molecule has 3 rings (SSSR count). The second-order valence-electron chi connectivity index (χ2n) is 6.39. The number of halogens is 1. The lowest BCUT2D eigenvalue weighted by atomic mass is 10.1. The average molecular weight is 385 g/mol. The maximum absolute atomic E-state index is 13.1. The molecule has 1 heterocycles. The van der Waals surface area contributed by atoms with E-state index in [9.17, 15) is 9.59 Å². The summed E-state index contributed by atoms with van der Waals surface area (Å²) in [7, 11) is 3.70. The molecule has 0 N–H and O–H groups in total. The molecular weight excluding hydrogens is 364 g/mol. The summed E-state index contributed by atoms with van der Waals surface area (Å²) in [6.45, 7) is 5.82. The summed E-state index contributed by atoms with van der Waals surface area (Å²) < 4.78 is 6.96. The van der Waals surface area contributed by atoms with Gasteiger partial charge in [0, 0.05) is 24.9 Å². The van der Waals surface area contributed by atoms with Gasteiger partial charge >= 0.3 is 5.97 Å². The molecule has 0 saturated carbocycles. The first-order chi connectivity index (χ1) is 12.9. The zero-order chi connectivity index (χ0) is 19.7. The molecule has 6 heteroatoms. The molecule has 2 aromatic carbocycles. The summed E-state index contributed by atoms with van der Waals surface area (Å²) in [5.74, 6) is -0.377. The smallest absolute Gasteiger partial charge is 0.325 e. The number of anilines is 1. The Labute approximate surface area is 162 Å². The summed E-state index contributed by atoms with van der Waals surface area (Å²) in [4.78, 5) is 27.3. The van der Waals surface area contributed by atoms with Crippen LogP contribution in [0.5, 0.6) is 0 Å². The Hall–Kier alpha value is -2.79. The zero-order valence-electron chi connectivity index (χ0n) is 15.6. The Kier molecular flexibility index (Phi) is 5.24. The van der Waals surface area contributed by atoms with Gasteiger partial charge in [-0.3, -0.25) is 9.59 Å². The molecule has 0 unspecified atom stereocenters. The number of fused-ring (bicyclic) bond motifs is 2. The van der Waals surface area contributed by atoms with Crippen LogP contribution < -0.4 is 10.3 Å². The fraction of sp³-hybridized carbons (Fsp3) is 0.238. The molecule has 0 amide bonds. The quantitative estimate of drug-likeness (QED) is 0.491. The van der Waals surface area contributed by atoms with Crippen LogP contribution in [-0.2, 0) is 16.1 Å². The second-order valence-corrected chi connectivity index (χ2v) is 6.79. The lowest BCUT2D eigenvalue weighted by Gasteiger charge is -2.22. The predicted molar refractivity (Wildman–Crippen MR) is 112 cm³/mol. The maximum atomic E-state index is 13.1. The van der Waals surface area contributed by atoms with E-state index < -0.39 is 0 Å². The van der Waals surface area contributed by atoms with E-state index in [4.69, 9.17) is 16.3 Å². The van der Waals surface area contributed by atoms with Crippen molar-refractivity contribution in [2.75, 3.05) is 25.6 Å². The van der Waals surface area contributed by atoms with Crippen LogP contribution in [0.2, 0.25) is 5.02 Å². The molecule has 0 saturated heterocycles. The minimum absolute atomic E-state index is 0.0249. The zero-order valence-corrected chi connectivity index (χ0v) is 16.3. The molecule has 0 aliphatic rings. The van der Waals surface area contributed by atoms with Crippen molar-refractivity contribution in [2.24, 2.45) is 0 Å². The van der Waals surface area contributed by atoms with Crippen molar-refractivity contribution < 1.29 is 9.53 Å². The molecule has 3 aromatic rings. The highest BCUT2D eigenvalue weighted by molar-refractivity contribution is 6.35. The van der Waals surface area contributed by atoms with Crippen molar-refractivity contribution in [3.63, 3.8) is 0 Å². The van der Waals surface area contributed by atoms with Crippen molar-refractivity contribution in [1.82, 2.24) is 4.57 Å². The van der Waals surface area contributed by atoms with Crippen LogP contribution in [0.1, 0.15) is 12.5 Å². The van der Waals surface area contributed by atoms with E-state index in [1.54, 1.807) is 35.8 Å². The molecule has 0 bridgehead atoms. The van der Waals surface area contributed by atoms with Gasteiger partial charge in [0.25, 0.3) is 0 Å². The van der Waals surface area contributed by atoms with Crippen LogP contribution in [0.3, 0.4) is 0 Å². The minimum Gasteiger partial charge on any atom is -0.465 e. The van der Waals surface area contributed by atoms with Gasteiger partial charge in [-0.2, -0.15) is 0 Å². The molecule has 0 fully saturated rings. The van der Waals surface area contributed by atoms with Crippen LogP contribution in [0.15, 0.2) is 41.7 Å². The largest absolute Gasteiger partial charge is 0.465 e. The van der Waals surface area contributed by atoms with E-state index in [0.29, 0.717) is 32.5 Å². The first-order valence-electron chi connectivity index (χ1n) is 8.63. The van der Waals surface area contributed by atoms with Gasteiger partial charge in [0.05, 0.1) is 28.4 Å². The van der Waals surface area contributed by atoms with E-state index in [1.807, 2.05) is 31.1 Å². The standard InChI is InChI=1S/C21H21ClN2O3/c1-5-13-7-8-14-17(11-13)24(12-18(25)27-6-2)19-15(21(14)26)9-10-16(22)20(19)23(3)4/h5,7-11H,1,6,12H2,2-4H3. The molecular formula is C21H21ClN2O3. The van der Waals surface area contributed by atoms with Crippen LogP contribution in [0.25, 0.3) is 27.9 Å². The number of pyridine rings is 1. The molecule has 1 aromatic heterocycles. The minimum atomic E-state index is -0.377. The van der Waals surface area contributed by atoms with Gasteiger partial charge in [-0.1, -0.05) is 30.3 Å². The highest BCUT2D eigenvalue weighted by atomic mass is 35.5. The third kappa shape index (κ3) is 3.30. The summed E-state index contributed by atoms with van der Waals surface area (Å²) in [6.07, 6.45) is 1.70. The van der Waals surface area contributed by atoms with Crippen LogP contribution in [0, 0.1) is 0 Å². The Morgan fingerprint density at radius 1 is 1.26 bits per heavy atom. The summed E-state index contributed by atoms with van der Waals surface area (Å²) >= 11 is 6.44. The van der Waals surface area contributed by atoms with Crippen LogP contribution >= 0.6 is 11.6 Å². The van der Waals surface area contributed by atoms with Gasteiger partial charge in [-0.05, 0) is 36.8 Å². The van der Waals surface area contributed by atoms with Gasteiger partial charge < -0.3 is 14.2 Å². The molecule has 0 aliphatic carbocycles. The van der Waals surface area contributed by atoms with Crippen molar-refractivity contribution in [3.8, 4) is 0 Å². The van der Waals surface area contributed by atoms with Gasteiger partial charge in [0.2, 0.25) is 0 Å². The number of carbonyl (C=O) groups excluding carboxylic acids is 1. The number of ether oxygens (including phenoxy) is 1. The molecule has 140 valence electrons. The number of nitrogens with zero attached hydrogens (tertiary/aromatic N) is 2. The van der Waals surface area contributed by atoms with E-state index >= 15 is 0 Å². The van der Waals surface area contributed by atoms with Crippen molar-refractivity contribution in [2.45, 2.75) is 13.5 Å².